The molecule has 104 valence electrons. The number of hydrogen-bond acceptors (Lipinski definition) is 3. The van der Waals surface area contributed by atoms with Crippen LogP contribution in [0.4, 0.5) is 0 Å². The van der Waals surface area contributed by atoms with Crippen molar-refractivity contribution in [3.8, 4) is 0 Å². The number of carboxylic acids is 1. The zero-order valence-corrected chi connectivity index (χ0v) is 11.9. The average molecular weight is 281 g/mol. The minimum atomic E-state index is -0.967. The lowest BCUT2D eigenvalue weighted by atomic mass is 9.98. The smallest absolute Gasteiger partial charge is 0.345 e. The summed E-state index contributed by atoms with van der Waals surface area (Å²) in [7, 11) is 0. The van der Waals surface area contributed by atoms with Crippen LogP contribution in [0.2, 0.25) is 0 Å². The first-order valence-corrected chi connectivity index (χ1v) is 7.56. The van der Waals surface area contributed by atoms with Crippen LogP contribution in [-0.4, -0.2) is 35.0 Å². The van der Waals surface area contributed by atoms with Crippen LogP contribution in [0.5, 0.6) is 0 Å². The van der Waals surface area contributed by atoms with Gasteiger partial charge in [0.2, 0.25) is 0 Å². The lowest BCUT2D eigenvalue weighted by Crippen LogP contribution is -2.31. The predicted molar refractivity (Wildman–Crippen MR) is 74.8 cm³/mol. The second-order valence-electron chi connectivity index (χ2n) is 4.97. The van der Waals surface area contributed by atoms with Gasteiger partial charge in [-0.05, 0) is 37.3 Å². The van der Waals surface area contributed by atoms with Crippen LogP contribution in [-0.2, 0) is 0 Å². The van der Waals surface area contributed by atoms with Crippen molar-refractivity contribution in [3.63, 3.8) is 0 Å². The molecule has 1 saturated heterocycles. The van der Waals surface area contributed by atoms with Gasteiger partial charge in [-0.25, -0.2) is 4.79 Å². The Hall–Kier alpha value is -1.36. The summed E-state index contributed by atoms with van der Waals surface area (Å²) < 4.78 is 0. The Morgan fingerprint density at radius 3 is 2.68 bits per heavy atom. The number of aromatic carboxylic acids is 1. The van der Waals surface area contributed by atoms with Crippen LogP contribution in [0.15, 0.2) is 12.1 Å². The maximum Gasteiger partial charge on any atom is 0.345 e. The van der Waals surface area contributed by atoms with E-state index >= 15 is 0 Å². The van der Waals surface area contributed by atoms with Gasteiger partial charge in [-0.1, -0.05) is 13.3 Å². The molecule has 1 amide bonds. The maximum absolute atomic E-state index is 12.3. The van der Waals surface area contributed by atoms with E-state index in [4.69, 9.17) is 5.11 Å². The highest BCUT2D eigenvalue weighted by atomic mass is 32.1. The molecule has 2 rings (SSSR count). The summed E-state index contributed by atoms with van der Waals surface area (Å²) in [6.07, 6.45) is 4.45. The van der Waals surface area contributed by atoms with Crippen LogP contribution in [0.3, 0.4) is 0 Å². The van der Waals surface area contributed by atoms with Gasteiger partial charge >= 0.3 is 5.97 Å². The van der Waals surface area contributed by atoms with E-state index in [9.17, 15) is 9.59 Å². The van der Waals surface area contributed by atoms with Crippen molar-refractivity contribution in [2.75, 3.05) is 13.1 Å². The SMILES string of the molecule is CCC1CCCN(C(=O)c2ccc(C(=O)O)s2)CC1. The standard InChI is InChI=1S/C14H19NO3S/c1-2-10-4-3-8-15(9-7-10)13(16)11-5-6-12(19-11)14(17)18/h5-6,10H,2-4,7-9H2,1H3,(H,17,18). The Labute approximate surface area is 117 Å². The Bertz CT molecular complexity index is 469. The van der Waals surface area contributed by atoms with Gasteiger partial charge in [0.05, 0.1) is 4.88 Å². The molecule has 1 N–H and O–H groups in total. The van der Waals surface area contributed by atoms with Crippen LogP contribution in [0, 0.1) is 5.92 Å². The highest BCUT2D eigenvalue weighted by Gasteiger charge is 2.22. The topological polar surface area (TPSA) is 57.6 Å². The van der Waals surface area contributed by atoms with E-state index in [2.05, 4.69) is 6.92 Å². The van der Waals surface area contributed by atoms with E-state index in [0.717, 1.165) is 43.2 Å². The molecule has 19 heavy (non-hydrogen) atoms. The molecule has 4 nitrogen and oxygen atoms in total. The van der Waals surface area contributed by atoms with Gasteiger partial charge < -0.3 is 10.0 Å². The van der Waals surface area contributed by atoms with E-state index in [1.807, 2.05) is 4.90 Å². The van der Waals surface area contributed by atoms with Crippen molar-refractivity contribution in [1.29, 1.82) is 0 Å². The molecule has 1 aromatic rings. The highest BCUT2D eigenvalue weighted by molar-refractivity contribution is 7.15. The van der Waals surface area contributed by atoms with Crippen LogP contribution in [0.25, 0.3) is 0 Å². The van der Waals surface area contributed by atoms with Crippen LogP contribution < -0.4 is 0 Å². The largest absolute Gasteiger partial charge is 0.477 e. The lowest BCUT2D eigenvalue weighted by Gasteiger charge is -2.19. The van der Waals surface area contributed by atoms with Crippen molar-refractivity contribution in [1.82, 2.24) is 4.90 Å². The molecule has 0 aliphatic carbocycles. The summed E-state index contributed by atoms with van der Waals surface area (Å²) in [6.45, 7) is 3.77. The molecule has 1 unspecified atom stereocenters. The zero-order valence-electron chi connectivity index (χ0n) is 11.1. The van der Waals surface area contributed by atoms with Crippen molar-refractivity contribution in [3.05, 3.63) is 21.9 Å². The van der Waals surface area contributed by atoms with Gasteiger partial charge in [0, 0.05) is 13.1 Å². The quantitative estimate of drug-likeness (QED) is 0.926. The molecule has 2 heterocycles. The number of carbonyl (C=O) groups is 2. The predicted octanol–water partition coefficient (Wildman–Crippen LogP) is 3.10. The highest BCUT2D eigenvalue weighted by Crippen LogP contribution is 2.23. The summed E-state index contributed by atoms with van der Waals surface area (Å²) in [5.41, 5.74) is 0. The molecule has 1 aliphatic heterocycles. The Balaban J connectivity index is 2.04. The molecule has 1 aliphatic rings. The van der Waals surface area contributed by atoms with Crippen molar-refractivity contribution in [2.45, 2.75) is 32.6 Å². The molecule has 1 fully saturated rings. The third-order valence-electron chi connectivity index (χ3n) is 3.74. The minimum absolute atomic E-state index is 0.0192. The molecule has 0 radical (unpaired) electrons. The van der Waals surface area contributed by atoms with Crippen molar-refractivity contribution < 1.29 is 14.7 Å². The zero-order chi connectivity index (χ0) is 13.8. The normalized spacial score (nSPS) is 20.1. The molecule has 0 aromatic carbocycles. The molecule has 0 saturated carbocycles. The number of likely N-dealkylation sites (tertiary alicyclic amines) is 1. The monoisotopic (exact) mass is 281 g/mol. The van der Waals surface area contributed by atoms with Crippen molar-refractivity contribution >= 4 is 23.2 Å². The molecule has 0 bridgehead atoms. The van der Waals surface area contributed by atoms with E-state index in [1.54, 1.807) is 6.07 Å². The van der Waals surface area contributed by atoms with Gasteiger partial charge in [0.25, 0.3) is 5.91 Å². The van der Waals surface area contributed by atoms with E-state index in [-0.39, 0.29) is 10.8 Å². The second kappa shape index (κ2) is 6.19. The van der Waals surface area contributed by atoms with Crippen molar-refractivity contribution in [2.24, 2.45) is 5.92 Å². The van der Waals surface area contributed by atoms with Gasteiger partial charge in [0.1, 0.15) is 4.88 Å². The maximum atomic E-state index is 12.3. The van der Waals surface area contributed by atoms with Gasteiger partial charge in [-0.3, -0.25) is 4.79 Å². The Kier molecular flexibility index (Phi) is 4.58. The average Bonchev–Trinajstić information content (AvgIpc) is 2.77. The number of carboxylic acid groups (broad SMARTS) is 1. The summed E-state index contributed by atoms with van der Waals surface area (Å²) in [5, 5.41) is 8.89. The number of hydrogen-bond donors (Lipinski definition) is 1. The van der Waals surface area contributed by atoms with E-state index < -0.39 is 5.97 Å². The van der Waals surface area contributed by atoms with Gasteiger partial charge in [-0.2, -0.15) is 0 Å². The summed E-state index contributed by atoms with van der Waals surface area (Å²) in [4.78, 5) is 25.8. The molecular weight excluding hydrogens is 262 g/mol. The van der Waals surface area contributed by atoms with Crippen LogP contribution >= 0.6 is 11.3 Å². The number of rotatable bonds is 3. The minimum Gasteiger partial charge on any atom is -0.477 e. The van der Waals surface area contributed by atoms with E-state index in [1.165, 1.54) is 18.9 Å². The third kappa shape index (κ3) is 3.35. The first-order valence-electron chi connectivity index (χ1n) is 6.74. The Morgan fingerprint density at radius 1 is 1.32 bits per heavy atom. The third-order valence-corrected chi connectivity index (χ3v) is 4.80. The second-order valence-corrected chi connectivity index (χ2v) is 6.05. The fraction of sp³-hybridized carbons (Fsp3) is 0.571. The number of carbonyl (C=O) groups excluding carboxylic acids is 1. The van der Waals surface area contributed by atoms with Crippen LogP contribution in [0.1, 0.15) is 52.0 Å². The number of amides is 1. The number of nitrogens with zero attached hydrogens (tertiary/aromatic N) is 1. The molecule has 1 atom stereocenters. The fourth-order valence-electron chi connectivity index (χ4n) is 2.50. The Morgan fingerprint density at radius 2 is 2.05 bits per heavy atom. The number of thiophene rings is 1. The summed E-state index contributed by atoms with van der Waals surface area (Å²) >= 11 is 1.07. The fourth-order valence-corrected chi connectivity index (χ4v) is 3.31. The molecule has 0 spiro atoms. The summed E-state index contributed by atoms with van der Waals surface area (Å²) in [5.74, 6) is -0.268. The molecule has 1 aromatic heterocycles. The van der Waals surface area contributed by atoms with E-state index in [0.29, 0.717) is 4.88 Å². The first kappa shape index (κ1) is 14.1. The van der Waals surface area contributed by atoms with Gasteiger partial charge in [0.15, 0.2) is 0 Å². The molecule has 5 heteroatoms. The first-order chi connectivity index (χ1) is 9.11. The molecular formula is C14H19NO3S. The summed E-state index contributed by atoms with van der Waals surface area (Å²) in [6, 6.07) is 3.13. The van der Waals surface area contributed by atoms with Gasteiger partial charge in [-0.15, -0.1) is 11.3 Å². The lowest BCUT2D eigenvalue weighted by molar-refractivity contribution is 0.0701.